The maximum absolute atomic E-state index is 6.74. The number of aromatic nitrogens is 2. The molecule has 0 atom stereocenters. The fourth-order valence-electron chi connectivity index (χ4n) is 5.08. The van der Waals surface area contributed by atoms with Crippen molar-refractivity contribution in [2.24, 2.45) is 10.9 Å². The Morgan fingerprint density at radius 1 is 1.17 bits per heavy atom. The van der Waals surface area contributed by atoms with Gasteiger partial charge in [0.1, 0.15) is 23.2 Å². The van der Waals surface area contributed by atoms with Gasteiger partial charge < -0.3 is 15.0 Å². The molecule has 0 radical (unpaired) electrons. The van der Waals surface area contributed by atoms with Crippen LogP contribution in [0.25, 0.3) is 6.08 Å². The molecule has 6 rings (SSSR count). The highest BCUT2D eigenvalue weighted by Gasteiger charge is 2.28. The molecule has 8 heteroatoms. The molecule has 4 aliphatic rings. The third-order valence-corrected chi connectivity index (χ3v) is 7.57. The van der Waals surface area contributed by atoms with Crippen molar-refractivity contribution in [1.29, 1.82) is 0 Å². The SMILES string of the molecule is C=CCN1CCN(c2cc(NC3=NCC(C4CC4)=C3)nc(Oc3ccc4c(c3Cl)C=C(C)C4)n2)CC1. The van der Waals surface area contributed by atoms with Crippen LogP contribution in [0.2, 0.25) is 5.02 Å². The van der Waals surface area contributed by atoms with Gasteiger partial charge >= 0.3 is 6.01 Å². The van der Waals surface area contributed by atoms with E-state index in [1.807, 2.05) is 18.2 Å². The van der Waals surface area contributed by atoms with E-state index in [1.165, 1.54) is 29.6 Å². The molecule has 1 N–H and O–H groups in total. The van der Waals surface area contributed by atoms with Gasteiger partial charge in [-0.05, 0) is 55.4 Å². The lowest BCUT2D eigenvalue weighted by atomic mass is 10.1. The predicted octanol–water partition coefficient (Wildman–Crippen LogP) is 5.35. The zero-order valence-electron chi connectivity index (χ0n) is 20.6. The van der Waals surface area contributed by atoms with Gasteiger partial charge in [0.2, 0.25) is 0 Å². The number of anilines is 2. The van der Waals surface area contributed by atoms with E-state index in [2.05, 4.69) is 56.8 Å². The first-order valence-electron chi connectivity index (χ1n) is 12.7. The zero-order chi connectivity index (χ0) is 24.6. The molecular weight excluding hydrogens is 472 g/mol. The summed E-state index contributed by atoms with van der Waals surface area (Å²) in [6.07, 6.45) is 9.72. The van der Waals surface area contributed by atoms with Gasteiger partial charge in [-0.1, -0.05) is 35.4 Å². The number of ether oxygens (including phenoxy) is 1. The van der Waals surface area contributed by atoms with E-state index < -0.39 is 0 Å². The molecule has 36 heavy (non-hydrogen) atoms. The van der Waals surface area contributed by atoms with Crippen molar-refractivity contribution in [1.82, 2.24) is 14.9 Å². The zero-order valence-corrected chi connectivity index (χ0v) is 21.4. The van der Waals surface area contributed by atoms with E-state index in [0.717, 1.165) is 62.9 Å². The Kier molecular flexibility index (Phi) is 6.27. The molecule has 7 nitrogen and oxygen atoms in total. The number of nitrogens with zero attached hydrogens (tertiary/aromatic N) is 5. The van der Waals surface area contributed by atoms with Crippen molar-refractivity contribution < 1.29 is 4.74 Å². The normalized spacial score (nSPS) is 19.5. The lowest BCUT2D eigenvalue weighted by Crippen LogP contribution is -2.46. The largest absolute Gasteiger partial charge is 0.423 e. The van der Waals surface area contributed by atoms with Gasteiger partial charge in [-0.3, -0.25) is 9.89 Å². The average molecular weight is 503 g/mol. The molecule has 3 heterocycles. The lowest BCUT2D eigenvalue weighted by molar-refractivity contribution is 0.283. The van der Waals surface area contributed by atoms with Gasteiger partial charge in [-0.15, -0.1) is 6.58 Å². The Bertz CT molecular complexity index is 1290. The van der Waals surface area contributed by atoms with Gasteiger partial charge in [0, 0.05) is 44.4 Å². The summed E-state index contributed by atoms with van der Waals surface area (Å²) >= 11 is 6.74. The van der Waals surface area contributed by atoms with Crippen LogP contribution in [-0.2, 0) is 6.42 Å². The maximum atomic E-state index is 6.74. The predicted molar refractivity (Wildman–Crippen MR) is 146 cm³/mol. The summed E-state index contributed by atoms with van der Waals surface area (Å²) in [5.74, 6) is 3.62. The number of benzene rings is 1. The summed E-state index contributed by atoms with van der Waals surface area (Å²) in [4.78, 5) is 18.8. The highest BCUT2D eigenvalue weighted by atomic mass is 35.5. The minimum Gasteiger partial charge on any atom is -0.423 e. The van der Waals surface area contributed by atoms with Crippen LogP contribution in [0, 0.1) is 5.92 Å². The van der Waals surface area contributed by atoms with E-state index in [4.69, 9.17) is 21.3 Å². The van der Waals surface area contributed by atoms with Crippen molar-refractivity contribution in [3.63, 3.8) is 0 Å². The Labute approximate surface area is 217 Å². The second kappa shape index (κ2) is 9.71. The van der Waals surface area contributed by atoms with Gasteiger partial charge in [-0.2, -0.15) is 9.97 Å². The molecule has 0 bridgehead atoms. The molecule has 1 saturated carbocycles. The molecule has 1 aromatic carbocycles. The lowest BCUT2D eigenvalue weighted by Gasteiger charge is -2.34. The first kappa shape index (κ1) is 23.3. The second-order valence-corrected chi connectivity index (χ2v) is 10.4. The Morgan fingerprint density at radius 3 is 2.78 bits per heavy atom. The van der Waals surface area contributed by atoms with Crippen LogP contribution < -0.4 is 15.0 Å². The van der Waals surface area contributed by atoms with Crippen molar-refractivity contribution in [3.8, 4) is 11.8 Å². The Hall–Kier alpha value is -3.16. The number of piperazine rings is 1. The van der Waals surface area contributed by atoms with Crippen LogP contribution in [0.3, 0.4) is 0 Å². The quantitative estimate of drug-likeness (QED) is 0.515. The van der Waals surface area contributed by atoms with Crippen molar-refractivity contribution in [2.75, 3.05) is 49.5 Å². The summed E-state index contributed by atoms with van der Waals surface area (Å²) in [6.45, 7) is 11.3. The van der Waals surface area contributed by atoms with Crippen molar-refractivity contribution in [3.05, 3.63) is 64.2 Å². The van der Waals surface area contributed by atoms with E-state index in [0.29, 0.717) is 22.5 Å². The number of amidine groups is 1. The maximum Gasteiger partial charge on any atom is 0.325 e. The fraction of sp³-hybridized carbons (Fsp3) is 0.393. The minimum atomic E-state index is 0.272. The first-order valence-corrected chi connectivity index (χ1v) is 13.1. The van der Waals surface area contributed by atoms with Gasteiger partial charge in [0.05, 0.1) is 11.6 Å². The van der Waals surface area contributed by atoms with E-state index >= 15 is 0 Å². The van der Waals surface area contributed by atoms with Crippen LogP contribution in [0.15, 0.2) is 53.1 Å². The van der Waals surface area contributed by atoms with Crippen molar-refractivity contribution >= 4 is 35.1 Å². The molecule has 1 saturated heterocycles. The monoisotopic (exact) mass is 502 g/mol. The average Bonchev–Trinajstić information content (AvgIpc) is 3.50. The molecule has 2 aliphatic heterocycles. The second-order valence-electron chi connectivity index (χ2n) is 10.0. The van der Waals surface area contributed by atoms with Gasteiger partial charge in [0.25, 0.3) is 0 Å². The molecule has 0 spiro atoms. The van der Waals surface area contributed by atoms with Crippen LogP contribution in [0.5, 0.6) is 11.8 Å². The van der Waals surface area contributed by atoms with Crippen LogP contribution >= 0.6 is 11.6 Å². The standard InChI is InChI=1S/C28H31ClN6O/c1-3-8-34-9-11-35(12-10-34)26-16-25(31-24-15-21(17-30-24)19-4-5-19)32-28(33-26)36-23-7-6-20-13-18(2)14-22(20)27(23)29/h3,6-7,14-16,19H,1,4-5,8-13,17H2,2H3,(H,30,31,32,33). The van der Waals surface area contributed by atoms with Gasteiger partial charge in [-0.25, -0.2) is 0 Å². The van der Waals surface area contributed by atoms with E-state index in [-0.39, 0.29) is 6.01 Å². The third kappa shape index (κ3) is 4.90. The fourth-order valence-corrected chi connectivity index (χ4v) is 5.35. The summed E-state index contributed by atoms with van der Waals surface area (Å²) < 4.78 is 6.21. The van der Waals surface area contributed by atoms with Crippen LogP contribution in [0.4, 0.5) is 11.6 Å². The molecule has 1 aromatic heterocycles. The molecule has 2 fully saturated rings. The number of allylic oxidation sites excluding steroid dienone is 1. The molecule has 2 aliphatic carbocycles. The molecule has 0 amide bonds. The Balaban J connectivity index is 1.27. The summed E-state index contributed by atoms with van der Waals surface area (Å²) in [6, 6.07) is 6.24. The van der Waals surface area contributed by atoms with Crippen LogP contribution in [0.1, 0.15) is 30.9 Å². The minimum absolute atomic E-state index is 0.272. The smallest absolute Gasteiger partial charge is 0.325 e. The first-order chi connectivity index (χ1) is 17.6. The number of hydrogen-bond donors (Lipinski definition) is 1. The van der Waals surface area contributed by atoms with E-state index in [1.54, 1.807) is 0 Å². The summed E-state index contributed by atoms with van der Waals surface area (Å²) in [5.41, 5.74) is 4.95. The highest BCUT2D eigenvalue weighted by Crippen LogP contribution is 2.39. The molecular formula is C28H31ClN6O. The topological polar surface area (TPSA) is 65.9 Å². The van der Waals surface area contributed by atoms with Crippen molar-refractivity contribution in [2.45, 2.75) is 26.2 Å². The number of hydrogen-bond acceptors (Lipinski definition) is 7. The number of rotatable bonds is 7. The number of fused-ring (bicyclic) bond motifs is 1. The summed E-state index contributed by atoms with van der Waals surface area (Å²) in [7, 11) is 0. The third-order valence-electron chi connectivity index (χ3n) is 7.18. The molecule has 2 aromatic rings. The van der Waals surface area contributed by atoms with E-state index in [9.17, 15) is 0 Å². The van der Waals surface area contributed by atoms with Gasteiger partial charge in [0.15, 0.2) is 0 Å². The molecule has 0 unspecified atom stereocenters. The Morgan fingerprint density at radius 2 is 2.00 bits per heavy atom. The highest BCUT2D eigenvalue weighted by molar-refractivity contribution is 6.33. The number of halogens is 1. The van der Waals surface area contributed by atoms with Crippen LogP contribution in [-0.4, -0.2) is 60.0 Å². The number of nitrogens with one attached hydrogen (secondary N) is 1. The molecule has 186 valence electrons. The number of aliphatic imine (C=N–C) groups is 1. The summed E-state index contributed by atoms with van der Waals surface area (Å²) in [5, 5.41) is 4.00.